The van der Waals surface area contributed by atoms with E-state index in [1.165, 1.54) is 12.8 Å². The van der Waals surface area contributed by atoms with Crippen LogP contribution in [0.25, 0.3) is 0 Å². The van der Waals surface area contributed by atoms with E-state index in [1.807, 2.05) is 0 Å². The summed E-state index contributed by atoms with van der Waals surface area (Å²) in [7, 11) is 0. The fraction of sp³-hybridized carbons (Fsp3) is 1.00. The fourth-order valence-electron chi connectivity index (χ4n) is 1.60. The first kappa shape index (κ1) is 4.80. The molecule has 0 N–H and O–H groups in total. The van der Waals surface area contributed by atoms with Crippen LogP contribution in [0, 0.1) is 11.3 Å². The van der Waals surface area contributed by atoms with Crippen LogP contribution in [-0.2, 0) is 4.74 Å². The van der Waals surface area contributed by atoms with Crippen molar-refractivity contribution in [2.45, 2.75) is 19.8 Å². The largest absolute Gasteiger partial charge is 0.381 e. The van der Waals surface area contributed by atoms with E-state index < -0.39 is 0 Å². The lowest BCUT2D eigenvalue weighted by atomic mass is 10.0. The molecule has 1 saturated carbocycles. The first-order chi connectivity index (χ1) is 3.81. The van der Waals surface area contributed by atoms with Crippen molar-refractivity contribution in [3.63, 3.8) is 0 Å². The molecule has 8 heavy (non-hydrogen) atoms. The summed E-state index contributed by atoms with van der Waals surface area (Å²) in [4.78, 5) is 0. The Morgan fingerprint density at radius 2 is 2.50 bits per heavy atom. The molecular weight excluding hydrogens is 100 g/mol. The fourth-order valence-corrected chi connectivity index (χ4v) is 1.60. The lowest BCUT2D eigenvalue weighted by Crippen LogP contribution is -2.14. The van der Waals surface area contributed by atoms with Gasteiger partial charge in [-0.1, -0.05) is 6.92 Å². The van der Waals surface area contributed by atoms with Gasteiger partial charge in [0.15, 0.2) is 0 Å². The van der Waals surface area contributed by atoms with Crippen molar-refractivity contribution in [2.75, 3.05) is 13.2 Å². The predicted molar refractivity (Wildman–Crippen MR) is 31.6 cm³/mol. The van der Waals surface area contributed by atoms with Crippen LogP contribution in [0.5, 0.6) is 0 Å². The molecule has 2 atom stereocenters. The first-order valence-corrected chi connectivity index (χ1v) is 3.39. The Morgan fingerprint density at radius 3 is 3.00 bits per heavy atom. The van der Waals surface area contributed by atoms with Crippen molar-refractivity contribution in [2.24, 2.45) is 11.3 Å². The monoisotopic (exact) mass is 112 g/mol. The van der Waals surface area contributed by atoms with Gasteiger partial charge in [0.25, 0.3) is 0 Å². The van der Waals surface area contributed by atoms with Crippen molar-refractivity contribution in [1.82, 2.24) is 0 Å². The van der Waals surface area contributed by atoms with E-state index in [0.717, 1.165) is 24.5 Å². The minimum absolute atomic E-state index is 0.720. The maximum atomic E-state index is 5.29. The van der Waals surface area contributed by atoms with E-state index in [2.05, 4.69) is 6.92 Å². The summed E-state index contributed by atoms with van der Waals surface area (Å²) in [6, 6.07) is 0. The van der Waals surface area contributed by atoms with Crippen molar-refractivity contribution < 1.29 is 4.74 Å². The molecule has 1 aliphatic heterocycles. The second-order valence-corrected chi connectivity index (χ2v) is 3.38. The molecular formula is C7H12O. The van der Waals surface area contributed by atoms with Crippen molar-refractivity contribution in [3.05, 3.63) is 0 Å². The Balaban J connectivity index is 2.04. The summed E-state index contributed by atoms with van der Waals surface area (Å²) in [5, 5.41) is 0. The highest BCUT2D eigenvalue weighted by atomic mass is 16.5. The third kappa shape index (κ3) is 0.510. The Labute approximate surface area is 50.0 Å². The van der Waals surface area contributed by atoms with Crippen LogP contribution in [0.4, 0.5) is 0 Å². The third-order valence-corrected chi connectivity index (χ3v) is 2.67. The molecule has 0 spiro atoms. The summed E-state index contributed by atoms with van der Waals surface area (Å²) in [5.74, 6) is 0.927. The summed E-state index contributed by atoms with van der Waals surface area (Å²) in [6.45, 7) is 4.42. The van der Waals surface area contributed by atoms with E-state index in [-0.39, 0.29) is 0 Å². The van der Waals surface area contributed by atoms with E-state index in [0.29, 0.717) is 0 Å². The zero-order valence-corrected chi connectivity index (χ0v) is 5.31. The maximum Gasteiger partial charge on any atom is 0.0499 e. The SMILES string of the molecule is CC12CCOC[C@@H]1C2. The molecule has 1 heterocycles. The molecule has 0 aromatic heterocycles. The molecule has 1 aliphatic carbocycles. The quantitative estimate of drug-likeness (QED) is 0.460. The van der Waals surface area contributed by atoms with Crippen LogP contribution in [0.1, 0.15) is 19.8 Å². The molecule has 1 unspecified atom stereocenters. The van der Waals surface area contributed by atoms with Crippen LogP contribution in [0.15, 0.2) is 0 Å². The normalized spacial score (nSPS) is 52.9. The molecule has 0 amide bonds. The van der Waals surface area contributed by atoms with Gasteiger partial charge >= 0.3 is 0 Å². The number of fused-ring (bicyclic) bond motifs is 1. The van der Waals surface area contributed by atoms with Gasteiger partial charge in [0, 0.05) is 13.2 Å². The van der Waals surface area contributed by atoms with E-state index in [1.54, 1.807) is 0 Å². The summed E-state index contributed by atoms with van der Waals surface area (Å²) >= 11 is 0. The zero-order valence-electron chi connectivity index (χ0n) is 5.31. The molecule has 2 aliphatic rings. The topological polar surface area (TPSA) is 9.23 Å². The predicted octanol–water partition coefficient (Wildman–Crippen LogP) is 1.43. The van der Waals surface area contributed by atoms with Crippen LogP contribution >= 0.6 is 0 Å². The van der Waals surface area contributed by atoms with Gasteiger partial charge in [-0.3, -0.25) is 0 Å². The number of hydrogen-bond donors (Lipinski definition) is 0. The Bertz CT molecular complexity index is 109. The number of hydrogen-bond acceptors (Lipinski definition) is 1. The number of rotatable bonds is 0. The molecule has 2 fully saturated rings. The molecule has 2 rings (SSSR count). The van der Waals surface area contributed by atoms with E-state index in [4.69, 9.17) is 4.74 Å². The van der Waals surface area contributed by atoms with Gasteiger partial charge in [-0.25, -0.2) is 0 Å². The van der Waals surface area contributed by atoms with Crippen molar-refractivity contribution in [1.29, 1.82) is 0 Å². The third-order valence-electron chi connectivity index (χ3n) is 2.67. The van der Waals surface area contributed by atoms with Crippen molar-refractivity contribution in [3.8, 4) is 0 Å². The van der Waals surface area contributed by atoms with Crippen LogP contribution < -0.4 is 0 Å². The first-order valence-electron chi connectivity index (χ1n) is 3.39. The Hall–Kier alpha value is -0.0400. The molecule has 1 saturated heterocycles. The average Bonchev–Trinajstić information content (AvgIpc) is 2.39. The molecule has 0 bridgehead atoms. The summed E-state index contributed by atoms with van der Waals surface area (Å²) in [6.07, 6.45) is 2.73. The van der Waals surface area contributed by atoms with Crippen LogP contribution in [0.3, 0.4) is 0 Å². The minimum atomic E-state index is 0.720. The van der Waals surface area contributed by atoms with E-state index in [9.17, 15) is 0 Å². The van der Waals surface area contributed by atoms with Gasteiger partial charge in [-0.05, 0) is 24.2 Å². The molecule has 1 nitrogen and oxygen atoms in total. The average molecular weight is 112 g/mol. The molecule has 1 heteroatoms. The lowest BCUT2D eigenvalue weighted by molar-refractivity contribution is 0.0667. The van der Waals surface area contributed by atoms with Crippen LogP contribution in [-0.4, -0.2) is 13.2 Å². The van der Waals surface area contributed by atoms with Gasteiger partial charge in [0.1, 0.15) is 0 Å². The standard InChI is InChI=1S/C7H12O/c1-7-2-3-8-5-6(7)4-7/h6H,2-5H2,1H3/t6-,7?/m0/s1. The van der Waals surface area contributed by atoms with Gasteiger partial charge in [0.05, 0.1) is 0 Å². The van der Waals surface area contributed by atoms with Crippen LogP contribution in [0.2, 0.25) is 0 Å². The summed E-state index contributed by atoms with van der Waals surface area (Å²) in [5.41, 5.74) is 0.720. The Kier molecular flexibility index (Phi) is 0.762. The molecule has 46 valence electrons. The highest BCUT2D eigenvalue weighted by Gasteiger charge is 2.51. The second-order valence-electron chi connectivity index (χ2n) is 3.38. The van der Waals surface area contributed by atoms with Gasteiger partial charge in [-0.15, -0.1) is 0 Å². The maximum absolute atomic E-state index is 5.29. The van der Waals surface area contributed by atoms with Gasteiger partial charge in [-0.2, -0.15) is 0 Å². The highest BCUT2D eigenvalue weighted by Crippen LogP contribution is 2.56. The number of ether oxygens (including phenoxy) is 1. The van der Waals surface area contributed by atoms with Gasteiger partial charge < -0.3 is 4.74 Å². The van der Waals surface area contributed by atoms with Crippen molar-refractivity contribution >= 4 is 0 Å². The highest BCUT2D eigenvalue weighted by molar-refractivity contribution is 5.00. The smallest absolute Gasteiger partial charge is 0.0499 e. The second kappa shape index (κ2) is 1.27. The minimum Gasteiger partial charge on any atom is -0.381 e. The zero-order chi connectivity index (χ0) is 5.61. The van der Waals surface area contributed by atoms with Gasteiger partial charge in [0.2, 0.25) is 0 Å². The molecule has 0 aromatic carbocycles. The summed E-state index contributed by atoms with van der Waals surface area (Å²) < 4.78 is 5.29. The Morgan fingerprint density at radius 1 is 1.62 bits per heavy atom. The lowest BCUT2D eigenvalue weighted by Gasteiger charge is -2.16. The van der Waals surface area contributed by atoms with E-state index >= 15 is 0 Å². The molecule has 0 aromatic rings. The molecule has 0 radical (unpaired) electrons.